The second kappa shape index (κ2) is 6.51. The smallest absolute Gasteiger partial charge is 0.291 e. The van der Waals surface area contributed by atoms with Crippen LogP contribution in [0.2, 0.25) is 0 Å². The molecule has 6 nitrogen and oxygen atoms in total. The van der Waals surface area contributed by atoms with Crippen molar-refractivity contribution < 1.29 is 4.79 Å². The van der Waals surface area contributed by atoms with Crippen molar-refractivity contribution in [3.8, 4) is 0 Å². The van der Waals surface area contributed by atoms with Gasteiger partial charge in [0.15, 0.2) is 0 Å². The summed E-state index contributed by atoms with van der Waals surface area (Å²) in [4.78, 5) is 27.7. The summed E-state index contributed by atoms with van der Waals surface area (Å²) >= 11 is 0. The molecule has 2 aromatic heterocycles. The molecule has 0 saturated carbocycles. The lowest BCUT2D eigenvalue weighted by Gasteiger charge is -2.35. The Morgan fingerprint density at radius 3 is 2.52 bits per heavy atom. The first-order chi connectivity index (χ1) is 12.8. The van der Waals surface area contributed by atoms with Gasteiger partial charge in [-0.15, -0.1) is 0 Å². The zero-order valence-electron chi connectivity index (χ0n) is 16.4. The van der Waals surface area contributed by atoms with Gasteiger partial charge in [-0.3, -0.25) is 14.0 Å². The molecule has 1 saturated heterocycles. The minimum absolute atomic E-state index is 0.00380. The third-order valence-electron chi connectivity index (χ3n) is 5.51. The summed E-state index contributed by atoms with van der Waals surface area (Å²) < 4.78 is 3.20. The van der Waals surface area contributed by atoms with E-state index >= 15 is 0 Å². The van der Waals surface area contributed by atoms with Gasteiger partial charge in [-0.25, -0.2) is 4.68 Å². The van der Waals surface area contributed by atoms with E-state index in [1.807, 2.05) is 41.3 Å². The second-order valence-corrected chi connectivity index (χ2v) is 8.18. The molecule has 1 aromatic carbocycles. The van der Waals surface area contributed by atoms with E-state index in [-0.39, 0.29) is 18.0 Å². The predicted octanol–water partition coefficient (Wildman–Crippen LogP) is 2.77. The first-order valence-electron chi connectivity index (χ1n) is 9.61. The molecule has 0 radical (unpaired) electrons. The Bertz CT molecular complexity index is 1080. The van der Waals surface area contributed by atoms with E-state index in [9.17, 15) is 9.59 Å². The van der Waals surface area contributed by atoms with Crippen molar-refractivity contribution in [2.24, 2.45) is 11.8 Å². The molecule has 1 fully saturated rings. The SMILES string of the molecule is Cc1ccc2c(c1)cc1c(=O)n(CC(=O)N3CC(C)CC(C)C3)nc(C)n12. The molecule has 1 amide bonds. The molecule has 1 aliphatic heterocycles. The highest BCUT2D eigenvalue weighted by Gasteiger charge is 2.26. The largest absolute Gasteiger partial charge is 0.341 e. The standard InChI is InChI=1S/C21H26N4O2/c1-13-5-6-18-17(8-13)9-19-21(27)24(22-16(4)25(18)19)12-20(26)23-10-14(2)7-15(3)11-23/h5-6,8-9,14-15H,7,10-12H2,1-4H3. The van der Waals surface area contributed by atoms with E-state index in [0.717, 1.165) is 36.0 Å². The van der Waals surface area contributed by atoms with E-state index in [1.165, 1.54) is 4.68 Å². The van der Waals surface area contributed by atoms with Crippen LogP contribution in [-0.2, 0) is 11.3 Å². The van der Waals surface area contributed by atoms with Crippen LogP contribution in [0.3, 0.4) is 0 Å². The summed E-state index contributed by atoms with van der Waals surface area (Å²) in [5.74, 6) is 1.66. The van der Waals surface area contributed by atoms with Crippen LogP contribution in [0.4, 0.5) is 0 Å². The van der Waals surface area contributed by atoms with Gasteiger partial charge in [0.1, 0.15) is 17.9 Å². The lowest BCUT2D eigenvalue weighted by Crippen LogP contribution is -2.45. The second-order valence-electron chi connectivity index (χ2n) is 8.18. The van der Waals surface area contributed by atoms with Crippen LogP contribution in [0.1, 0.15) is 31.7 Å². The van der Waals surface area contributed by atoms with Gasteiger partial charge in [0.25, 0.3) is 5.56 Å². The van der Waals surface area contributed by atoms with Gasteiger partial charge >= 0.3 is 0 Å². The zero-order valence-corrected chi connectivity index (χ0v) is 16.4. The van der Waals surface area contributed by atoms with Gasteiger partial charge in [0, 0.05) is 18.5 Å². The molecule has 6 heteroatoms. The van der Waals surface area contributed by atoms with Crippen LogP contribution in [0, 0.1) is 25.7 Å². The number of aromatic nitrogens is 3. The van der Waals surface area contributed by atoms with Crippen molar-refractivity contribution in [3.63, 3.8) is 0 Å². The number of rotatable bonds is 2. The number of hydrogen-bond acceptors (Lipinski definition) is 3. The molecule has 2 unspecified atom stereocenters. The van der Waals surface area contributed by atoms with Crippen molar-refractivity contribution in [1.82, 2.24) is 19.1 Å². The highest BCUT2D eigenvalue weighted by atomic mass is 16.2. The summed E-state index contributed by atoms with van der Waals surface area (Å²) in [5, 5.41) is 5.45. The number of carbonyl (C=O) groups excluding carboxylic acids is 1. The van der Waals surface area contributed by atoms with E-state index in [2.05, 4.69) is 25.0 Å². The lowest BCUT2D eigenvalue weighted by molar-refractivity contribution is -0.134. The van der Waals surface area contributed by atoms with Gasteiger partial charge in [-0.2, -0.15) is 5.10 Å². The van der Waals surface area contributed by atoms with Crippen molar-refractivity contribution in [3.05, 3.63) is 46.0 Å². The Morgan fingerprint density at radius 2 is 1.81 bits per heavy atom. The maximum Gasteiger partial charge on any atom is 0.291 e. The number of likely N-dealkylation sites (tertiary alicyclic amines) is 1. The molecule has 142 valence electrons. The zero-order chi connectivity index (χ0) is 19.3. The number of aryl methyl sites for hydroxylation is 2. The molecular formula is C21H26N4O2. The van der Waals surface area contributed by atoms with Gasteiger partial charge < -0.3 is 4.90 Å². The Morgan fingerprint density at radius 1 is 1.11 bits per heavy atom. The molecule has 3 aromatic rings. The number of carbonyl (C=O) groups is 1. The summed E-state index contributed by atoms with van der Waals surface area (Å²) in [5.41, 5.74) is 2.46. The minimum Gasteiger partial charge on any atom is -0.341 e. The summed E-state index contributed by atoms with van der Waals surface area (Å²) in [6.45, 7) is 9.76. The molecule has 0 aliphatic carbocycles. The van der Waals surface area contributed by atoms with Gasteiger partial charge in [-0.05, 0) is 50.3 Å². The Kier molecular flexibility index (Phi) is 4.29. The molecule has 4 rings (SSSR count). The van der Waals surface area contributed by atoms with E-state index in [4.69, 9.17) is 0 Å². The predicted molar refractivity (Wildman–Crippen MR) is 106 cm³/mol. The fraction of sp³-hybridized carbons (Fsp3) is 0.476. The van der Waals surface area contributed by atoms with Gasteiger partial charge in [0.2, 0.25) is 5.91 Å². The molecular weight excluding hydrogens is 340 g/mol. The number of hydrogen-bond donors (Lipinski definition) is 0. The monoisotopic (exact) mass is 366 g/mol. The fourth-order valence-electron chi connectivity index (χ4n) is 4.44. The molecule has 0 N–H and O–H groups in total. The van der Waals surface area contributed by atoms with Gasteiger partial charge in [0.05, 0.1) is 5.52 Å². The maximum atomic E-state index is 13.0. The Hall–Kier alpha value is -2.63. The molecule has 0 bridgehead atoms. The van der Waals surface area contributed by atoms with Crippen molar-refractivity contribution >= 4 is 22.3 Å². The van der Waals surface area contributed by atoms with Crippen molar-refractivity contribution in [2.45, 2.75) is 40.7 Å². The lowest BCUT2D eigenvalue weighted by atomic mass is 9.92. The number of amides is 1. The summed E-state index contributed by atoms with van der Waals surface area (Å²) in [6, 6.07) is 8.00. The van der Waals surface area contributed by atoms with Crippen LogP contribution >= 0.6 is 0 Å². The highest BCUT2D eigenvalue weighted by Crippen LogP contribution is 2.22. The number of benzene rings is 1. The molecule has 3 heterocycles. The average Bonchev–Trinajstić information content (AvgIpc) is 2.97. The topological polar surface area (TPSA) is 59.6 Å². The Labute approximate surface area is 158 Å². The van der Waals surface area contributed by atoms with Crippen LogP contribution in [0.25, 0.3) is 16.4 Å². The summed E-state index contributed by atoms with van der Waals surface area (Å²) in [7, 11) is 0. The molecule has 27 heavy (non-hydrogen) atoms. The Balaban J connectivity index is 1.72. The maximum absolute atomic E-state index is 13.0. The van der Waals surface area contributed by atoms with E-state index < -0.39 is 0 Å². The normalized spacial score (nSPS) is 20.5. The minimum atomic E-state index is -0.221. The van der Waals surface area contributed by atoms with E-state index in [0.29, 0.717) is 23.2 Å². The number of nitrogens with zero attached hydrogens (tertiary/aromatic N) is 4. The first kappa shape index (κ1) is 17.8. The van der Waals surface area contributed by atoms with Crippen LogP contribution in [0.5, 0.6) is 0 Å². The van der Waals surface area contributed by atoms with E-state index in [1.54, 1.807) is 0 Å². The molecule has 2 atom stereocenters. The third-order valence-corrected chi connectivity index (χ3v) is 5.51. The number of piperidine rings is 1. The highest BCUT2D eigenvalue weighted by molar-refractivity contribution is 5.87. The molecule has 1 aliphatic rings. The third kappa shape index (κ3) is 3.13. The average molecular weight is 366 g/mol. The van der Waals surface area contributed by atoms with Crippen molar-refractivity contribution in [1.29, 1.82) is 0 Å². The molecule has 0 spiro atoms. The first-order valence-corrected chi connectivity index (χ1v) is 9.61. The number of fused-ring (bicyclic) bond motifs is 3. The van der Waals surface area contributed by atoms with Crippen LogP contribution < -0.4 is 5.56 Å². The van der Waals surface area contributed by atoms with Crippen LogP contribution in [-0.4, -0.2) is 38.1 Å². The fourth-order valence-corrected chi connectivity index (χ4v) is 4.44. The van der Waals surface area contributed by atoms with Crippen LogP contribution in [0.15, 0.2) is 29.1 Å². The quantitative estimate of drug-likeness (QED) is 0.701. The van der Waals surface area contributed by atoms with Crippen molar-refractivity contribution in [2.75, 3.05) is 13.1 Å². The summed E-state index contributed by atoms with van der Waals surface area (Å²) in [6.07, 6.45) is 1.14. The van der Waals surface area contributed by atoms with Gasteiger partial charge in [-0.1, -0.05) is 25.5 Å².